The molecule has 1 amide bonds. The van der Waals surface area contributed by atoms with E-state index in [0.717, 1.165) is 38.2 Å². The molecule has 1 heterocycles. The summed E-state index contributed by atoms with van der Waals surface area (Å²) in [5, 5.41) is -0.563. The Hall–Kier alpha value is -1.06. The Kier molecular flexibility index (Phi) is 5.44. The Labute approximate surface area is 126 Å². The number of likely N-dealkylation sites (tertiary alicyclic amines) is 1. The van der Waals surface area contributed by atoms with Crippen molar-refractivity contribution in [2.75, 3.05) is 26.2 Å². The van der Waals surface area contributed by atoms with Crippen LogP contribution in [0.4, 0.5) is 0 Å². The van der Waals surface area contributed by atoms with Crippen LogP contribution in [-0.4, -0.2) is 47.9 Å². The summed E-state index contributed by atoms with van der Waals surface area (Å²) in [5.74, 6) is 0.0347. The standard InChI is InChI=1S/C16H23ClN2O/c1-3-18(4-2)14-10-11-19(12-14)16(20)15(17)13-8-6-5-7-9-13/h5-9,14-15H,3-4,10-12H2,1-2H3. The predicted octanol–water partition coefficient (Wildman–Crippen LogP) is 2.91. The number of nitrogens with zero attached hydrogens (tertiary/aromatic N) is 2. The summed E-state index contributed by atoms with van der Waals surface area (Å²) < 4.78 is 0. The van der Waals surface area contributed by atoms with Gasteiger partial charge in [0, 0.05) is 19.1 Å². The van der Waals surface area contributed by atoms with Crippen LogP contribution in [0.25, 0.3) is 0 Å². The molecule has 3 nitrogen and oxygen atoms in total. The number of alkyl halides is 1. The molecule has 0 aliphatic carbocycles. The highest BCUT2D eigenvalue weighted by atomic mass is 35.5. The van der Waals surface area contributed by atoms with E-state index in [1.807, 2.05) is 35.2 Å². The van der Waals surface area contributed by atoms with Gasteiger partial charge in [0.2, 0.25) is 5.91 Å². The molecule has 1 saturated heterocycles. The lowest BCUT2D eigenvalue weighted by molar-refractivity contribution is -0.130. The molecule has 2 unspecified atom stereocenters. The van der Waals surface area contributed by atoms with E-state index in [-0.39, 0.29) is 5.91 Å². The van der Waals surface area contributed by atoms with E-state index >= 15 is 0 Å². The van der Waals surface area contributed by atoms with Crippen molar-refractivity contribution >= 4 is 17.5 Å². The highest BCUT2D eigenvalue weighted by molar-refractivity contribution is 6.30. The predicted molar refractivity (Wildman–Crippen MR) is 82.9 cm³/mol. The van der Waals surface area contributed by atoms with Gasteiger partial charge in [-0.15, -0.1) is 11.6 Å². The normalized spacial score (nSPS) is 20.4. The fourth-order valence-electron chi connectivity index (χ4n) is 2.90. The minimum atomic E-state index is -0.563. The molecule has 1 aliphatic heterocycles. The van der Waals surface area contributed by atoms with E-state index in [4.69, 9.17) is 11.6 Å². The lowest BCUT2D eigenvalue weighted by Crippen LogP contribution is -2.39. The highest BCUT2D eigenvalue weighted by Gasteiger charge is 2.32. The highest BCUT2D eigenvalue weighted by Crippen LogP contribution is 2.26. The molecule has 110 valence electrons. The van der Waals surface area contributed by atoms with E-state index in [9.17, 15) is 4.79 Å². The quantitative estimate of drug-likeness (QED) is 0.780. The molecule has 1 aliphatic rings. The van der Waals surface area contributed by atoms with E-state index in [2.05, 4.69) is 18.7 Å². The van der Waals surface area contributed by atoms with Crippen LogP contribution in [0.2, 0.25) is 0 Å². The van der Waals surface area contributed by atoms with Gasteiger partial charge in [-0.2, -0.15) is 0 Å². The maximum Gasteiger partial charge on any atom is 0.245 e. The number of carbonyl (C=O) groups is 1. The van der Waals surface area contributed by atoms with Crippen molar-refractivity contribution in [3.8, 4) is 0 Å². The number of rotatable bonds is 5. The maximum atomic E-state index is 12.5. The van der Waals surface area contributed by atoms with E-state index in [1.165, 1.54) is 0 Å². The summed E-state index contributed by atoms with van der Waals surface area (Å²) in [6.07, 6.45) is 1.05. The second kappa shape index (κ2) is 7.09. The van der Waals surface area contributed by atoms with Crippen molar-refractivity contribution in [3.63, 3.8) is 0 Å². The maximum absolute atomic E-state index is 12.5. The Balaban J connectivity index is 1.98. The summed E-state index contributed by atoms with van der Waals surface area (Å²) in [5.41, 5.74) is 0.880. The van der Waals surface area contributed by atoms with Crippen molar-refractivity contribution < 1.29 is 4.79 Å². The van der Waals surface area contributed by atoms with Crippen LogP contribution < -0.4 is 0 Å². The summed E-state index contributed by atoms with van der Waals surface area (Å²) >= 11 is 6.33. The zero-order valence-corrected chi connectivity index (χ0v) is 13.0. The van der Waals surface area contributed by atoms with E-state index in [0.29, 0.717) is 6.04 Å². The summed E-state index contributed by atoms with van der Waals surface area (Å²) in [6, 6.07) is 10.1. The number of benzene rings is 1. The third-order valence-corrected chi connectivity index (χ3v) is 4.55. The molecule has 4 heteroatoms. The van der Waals surface area contributed by atoms with Gasteiger partial charge in [0.25, 0.3) is 0 Å². The molecular weight excluding hydrogens is 272 g/mol. The molecule has 1 aromatic rings. The first-order chi connectivity index (χ1) is 9.67. The van der Waals surface area contributed by atoms with Crippen LogP contribution >= 0.6 is 11.6 Å². The molecule has 0 bridgehead atoms. The van der Waals surface area contributed by atoms with Gasteiger partial charge in [0.1, 0.15) is 5.38 Å². The Morgan fingerprint density at radius 1 is 1.35 bits per heavy atom. The lowest BCUT2D eigenvalue weighted by atomic mass is 10.1. The number of likely N-dealkylation sites (N-methyl/N-ethyl adjacent to an activating group) is 1. The summed E-state index contributed by atoms with van der Waals surface area (Å²) in [4.78, 5) is 16.8. The van der Waals surface area contributed by atoms with Gasteiger partial charge in [-0.05, 0) is 25.1 Å². The molecule has 0 N–H and O–H groups in total. The largest absolute Gasteiger partial charge is 0.339 e. The number of hydrogen-bond donors (Lipinski definition) is 0. The molecule has 0 aromatic heterocycles. The molecule has 2 rings (SSSR count). The number of carbonyl (C=O) groups excluding carboxylic acids is 1. The van der Waals surface area contributed by atoms with Gasteiger partial charge in [0.15, 0.2) is 0 Å². The van der Waals surface area contributed by atoms with Gasteiger partial charge >= 0.3 is 0 Å². The van der Waals surface area contributed by atoms with Crippen LogP contribution in [0.3, 0.4) is 0 Å². The van der Waals surface area contributed by atoms with Crippen molar-refractivity contribution in [3.05, 3.63) is 35.9 Å². The van der Waals surface area contributed by atoms with Gasteiger partial charge in [-0.1, -0.05) is 44.2 Å². The molecule has 1 fully saturated rings. The monoisotopic (exact) mass is 294 g/mol. The van der Waals surface area contributed by atoms with Crippen molar-refractivity contribution in [1.29, 1.82) is 0 Å². The van der Waals surface area contributed by atoms with Crippen molar-refractivity contribution in [1.82, 2.24) is 9.80 Å². The van der Waals surface area contributed by atoms with E-state index < -0.39 is 5.38 Å². The first-order valence-electron chi connectivity index (χ1n) is 7.39. The third-order valence-electron chi connectivity index (χ3n) is 4.11. The Bertz CT molecular complexity index is 433. The summed E-state index contributed by atoms with van der Waals surface area (Å²) in [6.45, 7) is 8.02. The molecule has 0 saturated carbocycles. The smallest absolute Gasteiger partial charge is 0.245 e. The minimum Gasteiger partial charge on any atom is -0.339 e. The molecule has 1 aromatic carbocycles. The number of amides is 1. The minimum absolute atomic E-state index is 0.0347. The molecule has 20 heavy (non-hydrogen) atoms. The fourth-order valence-corrected chi connectivity index (χ4v) is 3.19. The number of halogens is 1. The zero-order valence-electron chi connectivity index (χ0n) is 12.3. The Morgan fingerprint density at radius 2 is 2.00 bits per heavy atom. The molecule has 0 radical (unpaired) electrons. The van der Waals surface area contributed by atoms with Crippen LogP contribution in [0.5, 0.6) is 0 Å². The van der Waals surface area contributed by atoms with Crippen LogP contribution in [0, 0.1) is 0 Å². The number of hydrogen-bond acceptors (Lipinski definition) is 2. The second-order valence-electron chi connectivity index (χ2n) is 5.22. The molecule has 0 spiro atoms. The first kappa shape index (κ1) is 15.3. The molecular formula is C16H23ClN2O. The average molecular weight is 295 g/mol. The van der Waals surface area contributed by atoms with Gasteiger partial charge in [0.05, 0.1) is 0 Å². The van der Waals surface area contributed by atoms with Crippen LogP contribution in [0.15, 0.2) is 30.3 Å². The van der Waals surface area contributed by atoms with Crippen molar-refractivity contribution in [2.45, 2.75) is 31.7 Å². The zero-order chi connectivity index (χ0) is 14.5. The first-order valence-corrected chi connectivity index (χ1v) is 7.82. The van der Waals surface area contributed by atoms with Crippen LogP contribution in [0.1, 0.15) is 31.2 Å². The second-order valence-corrected chi connectivity index (χ2v) is 5.66. The summed E-state index contributed by atoms with van der Waals surface area (Å²) in [7, 11) is 0. The van der Waals surface area contributed by atoms with Crippen molar-refractivity contribution in [2.24, 2.45) is 0 Å². The van der Waals surface area contributed by atoms with Gasteiger partial charge in [-0.25, -0.2) is 0 Å². The lowest BCUT2D eigenvalue weighted by Gasteiger charge is -2.26. The third kappa shape index (κ3) is 3.33. The Morgan fingerprint density at radius 3 is 2.60 bits per heavy atom. The van der Waals surface area contributed by atoms with Gasteiger partial charge < -0.3 is 4.90 Å². The topological polar surface area (TPSA) is 23.6 Å². The molecule has 2 atom stereocenters. The average Bonchev–Trinajstić information content (AvgIpc) is 2.97. The fraction of sp³-hybridized carbons (Fsp3) is 0.562. The van der Waals surface area contributed by atoms with Crippen LogP contribution in [-0.2, 0) is 4.79 Å². The SMILES string of the molecule is CCN(CC)C1CCN(C(=O)C(Cl)c2ccccc2)C1. The van der Waals surface area contributed by atoms with E-state index in [1.54, 1.807) is 0 Å². The van der Waals surface area contributed by atoms with Gasteiger partial charge in [-0.3, -0.25) is 9.69 Å².